The maximum Gasteiger partial charge on any atom is 0.387 e. The van der Waals surface area contributed by atoms with Crippen molar-refractivity contribution in [2.45, 2.75) is 38.7 Å². The summed E-state index contributed by atoms with van der Waals surface area (Å²) in [7, 11) is 0.654. The minimum absolute atomic E-state index is 0. The minimum atomic E-state index is -2.86. The van der Waals surface area contributed by atoms with Crippen molar-refractivity contribution in [1.29, 1.82) is 0 Å². The van der Waals surface area contributed by atoms with Crippen LogP contribution in [0.1, 0.15) is 26.3 Å². The Kier molecular flexibility index (Phi) is 11.2. The van der Waals surface area contributed by atoms with E-state index in [0.29, 0.717) is 23.8 Å². The fourth-order valence-corrected chi connectivity index (χ4v) is 2.73. The van der Waals surface area contributed by atoms with E-state index >= 15 is 0 Å². The van der Waals surface area contributed by atoms with Gasteiger partial charge < -0.3 is 15.4 Å². The summed E-state index contributed by atoms with van der Waals surface area (Å²) in [6, 6.07) is 6.58. The Hall–Kier alpha value is -0.970. The van der Waals surface area contributed by atoms with Gasteiger partial charge in [-0.15, -0.1) is 24.0 Å². The van der Waals surface area contributed by atoms with Gasteiger partial charge in [0, 0.05) is 47.0 Å². The highest BCUT2D eigenvalue weighted by atomic mass is 127. The van der Waals surface area contributed by atoms with Crippen LogP contribution < -0.4 is 15.4 Å². The van der Waals surface area contributed by atoms with Crippen molar-refractivity contribution in [3.63, 3.8) is 0 Å². The number of benzene rings is 1. The lowest BCUT2D eigenvalue weighted by Gasteiger charge is -2.18. The molecule has 1 rings (SSSR count). The average molecular weight is 489 g/mol. The molecule has 0 spiro atoms. The third-order valence-corrected chi connectivity index (χ3v) is 5.06. The van der Waals surface area contributed by atoms with Gasteiger partial charge in [-0.05, 0) is 26.8 Å². The number of nitrogens with zero attached hydrogens (tertiary/aromatic N) is 1. The van der Waals surface area contributed by atoms with Crippen LogP contribution in [-0.2, 0) is 17.3 Å². The van der Waals surface area contributed by atoms with E-state index in [4.69, 9.17) is 0 Å². The fourth-order valence-electron chi connectivity index (χ4n) is 1.83. The van der Waals surface area contributed by atoms with E-state index in [-0.39, 0.29) is 41.0 Å². The Bertz CT molecular complexity index is 581. The summed E-state index contributed by atoms with van der Waals surface area (Å²) in [5, 5.41) is 6.09. The van der Waals surface area contributed by atoms with Crippen molar-refractivity contribution in [2.24, 2.45) is 4.99 Å². The molecule has 0 bridgehead atoms. The molecule has 0 radical (unpaired) electrons. The topological polar surface area (TPSA) is 62.7 Å². The monoisotopic (exact) mass is 489 g/mol. The predicted octanol–water partition coefficient (Wildman–Crippen LogP) is 3.12. The minimum Gasteiger partial charge on any atom is -0.434 e. The van der Waals surface area contributed by atoms with Gasteiger partial charge in [0.2, 0.25) is 0 Å². The van der Waals surface area contributed by atoms with E-state index < -0.39 is 17.4 Å². The molecule has 0 fully saturated rings. The number of guanidine groups is 1. The van der Waals surface area contributed by atoms with E-state index in [2.05, 4.69) is 20.4 Å². The van der Waals surface area contributed by atoms with Crippen LogP contribution in [0, 0.1) is 0 Å². The highest BCUT2D eigenvalue weighted by Crippen LogP contribution is 2.19. The lowest BCUT2D eigenvalue weighted by molar-refractivity contribution is -0.0504. The van der Waals surface area contributed by atoms with Crippen molar-refractivity contribution in [1.82, 2.24) is 10.6 Å². The van der Waals surface area contributed by atoms with Crippen LogP contribution in [0.4, 0.5) is 8.78 Å². The maximum absolute atomic E-state index is 12.4. The molecule has 2 N–H and O–H groups in total. The Labute approximate surface area is 167 Å². The normalized spacial score (nSPS) is 13.2. The third-order valence-electron chi connectivity index (χ3n) is 3.12. The molecule has 0 saturated carbocycles. The summed E-state index contributed by atoms with van der Waals surface area (Å²) < 4.78 is 41.0. The van der Waals surface area contributed by atoms with Crippen molar-refractivity contribution in [3.8, 4) is 5.75 Å². The van der Waals surface area contributed by atoms with Gasteiger partial charge in [0.05, 0.1) is 0 Å². The van der Waals surface area contributed by atoms with E-state index in [1.54, 1.807) is 25.2 Å². The summed E-state index contributed by atoms with van der Waals surface area (Å²) >= 11 is 0. The van der Waals surface area contributed by atoms with Gasteiger partial charge in [-0.1, -0.05) is 18.2 Å². The molecule has 144 valence electrons. The Morgan fingerprint density at radius 2 is 1.92 bits per heavy atom. The van der Waals surface area contributed by atoms with Crippen molar-refractivity contribution < 1.29 is 17.7 Å². The molecule has 0 aliphatic carbocycles. The molecule has 1 aromatic rings. The molecule has 1 unspecified atom stereocenters. The SMILES string of the molecule is CN=C(NCCS(=O)C(C)(C)C)NCc1ccccc1OC(F)F.I. The molecule has 5 nitrogen and oxygen atoms in total. The molecule has 0 amide bonds. The quantitative estimate of drug-likeness (QED) is 0.351. The highest BCUT2D eigenvalue weighted by molar-refractivity contribution is 14.0. The maximum atomic E-state index is 12.4. The molecule has 1 atom stereocenters. The summed E-state index contributed by atoms with van der Waals surface area (Å²) in [5.41, 5.74) is 0.596. The van der Waals surface area contributed by atoms with Crippen LogP contribution in [0.5, 0.6) is 5.75 Å². The molecule has 0 heterocycles. The van der Waals surface area contributed by atoms with Gasteiger partial charge >= 0.3 is 6.61 Å². The van der Waals surface area contributed by atoms with Gasteiger partial charge in [-0.2, -0.15) is 8.78 Å². The van der Waals surface area contributed by atoms with Gasteiger partial charge in [-0.3, -0.25) is 9.20 Å². The van der Waals surface area contributed by atoms with Crippen LogP contribution in [0.15, 0.2) is 29.3 Å². The van der Waals surface area contributed by atoms with E-state index in [0.717, 1.165) is 0 Å². The molecule has 0 saturated heterocycles. The van der Waals surface area contributed by atoms with Crippen LogP contribution in [0.2, 0.25) is 0 Å². The highest BCUT2D eigenvalue weighted by Gasteiger charge is 2.18. The fraction of sp³-hybridized carbons (Fsp3) is 0.562. The lowest BCUT2D eigenvalue weighted by Crippen LogP contribution is -2.40. The van der Waals surface area contributed by atoms with E-state index in [1.807, 2.05) is 20.8 Å². The second-order valence-corrected chi connectivity index (χ2v) is 8.32. The van der Waals surface area contributed by atoms with Gasteiger partial charge in [0.15, 0.2) is 5.96 Å². The van der Waals surface area contributed by atoms with Crippen molar-refractivity contribution in [2.75, 3.05) is 19.3 Å². The van der Waals surface area contributed by atoms with Crippen LogP contribution in [0.25, 0.3) is 0 Å². The molecule has 1 aromatic carbocycles. The first-order valence-corrected chi connectivity index (χ1v) is 8.91. The van der Waals surface area contributed by atoms with E-state index in [1.165, 1.54) is 6.07 Å². The Morgan fingerprint density at radius 1 is 1.28 bits per heavy atom. The average Bonchev–Trinajstić information content (AvgIpc) is 2.50. The molecule has 25 heavy (non-hydrogen) atoms. The number of halogens is 3. The summed E-state index contributed by atoms with van der Waals surface area (Å²) in [6.07, 6.45) is 0. The first kappa shape index (κ1) is 24.0. The first-order chi connectivity index (χ1) is 11.2. The van der Waals surface area contributed by atoms with Crippen LogP contribution in [-0.4, -0.2) is 40.9 Å². The number of alkyl halides is 2. The lowest BCUT2D eigenvalue weighted by atomic mass is 10.2. The zero-order chi connectivity index (χ0) is 18.2. The Balaban J connectivity index is 0.00000576. The van der Waals surface area contributed by atoms with Crippen LogP contribution >= 0.6 is 24.0 Å². The number of hydrogen-bond acceptors (Lipinski definition) is 3. The first-order valence-electron chi connectivity index (χ1n) is 7.59. The molecular formula is C16H26F2IN3O2S. The summed E-state index contributed by atoms with van der Waals surface area (Å²) in [6.45, 7) is 3.70. The van der Waals surface area contributed by atoms with Crippen molar-refractivity contribution in [3.05, 3.63) is 29.8 Å². The number of rotatable bonds is 7. The standard InChI is InChI=1S/C16H25F2N3O2S.HI/c1-16(2,3)24(22)10-9-20-15(19-4)21-11-12-7-5-6-8-13(12)23-14(17)18;/h5-8,14H,9-11H2,1-4H3,(H2,19,20,21);1H. The zero-order valence-electron chi connectivity index (χ0n) is 14.8. The molecule has 9 heteroatoms. The largest absolute Gasteiger partial charge is 0.434 e. The van der Waals surface area contributed by atoms with Crippen molar-refractivity contribution >= 4 is 40.7 Å². The second-order valence-electron chi connectivity index (χ2n) is 6.00. The number of ether oxygens (including phenoxy) is 1. The number of aliphatic imine (C=N–C) groups is 1. The number of nitrogens with one attached hydrogen (secondary N) is 2. The zero-order valence-corrected chi connectivity index (χ0v) is 18.0. The second kappa shape index (κ2) is 11.6. The van der Waals surface area contributed by atoms with Gasteiger partial charge in [-0.25, -0.2) is 0 Å². The van der Waals surface area contributed by atoms with Gasteiger partial charge in [0.25, 0.3) is 0 Å². The number of hydrogen-bond donors (Lipinski definition) is 2. The smallest absolute Gasteiger partial charge is 0.387 e. The molecule has 0 aromatic heterocycles. The van der Waals surface area contributed by atoms with E-state index in [9.17, 15) is 13.0 Å². The van der Waals surface area contributed by atoms with Gasteiger partial charge in [0.1, 0.15) is 5.75 Å². The molecule has 0 aliphatic heterocycles. The van der Waals surface area contributed by atoms with Crippen LogP contribution in [0.3, 0.4) is 0 Å². The molecular weight excluding hydrogens is 463 g/mol. The molecule has 0 aliphatic rings. The summed E-state index contributed by atoms with van der Waals surface area (Å²) in [4.78, 5) is 4.06. The predicted molar refractivity (Wildman–Crippen MR) is 109 cm³/mol. The third kappa shape index (κ3) is 9.34. The summed E-state index contributed by atoms with van der Waals surface area (Å²) in [5.74, 6) is 1.13. The Morgan fingerprint density at radius 3 is 2.48 bits per heavy atom. The number of para-hydroxylation sites is 1.